The quantitative estimate of drug-likeness (QED) is 0.686. The minimum atomic E-state index is 0. The Bertz CT molecular complexity index is 667. The molecule has 162 valence electrons. The van der Waals surface area contributed by atoms with Crippen LogP contribution in [0.3, 0.4) is 0 Å². The van der Waals surface area contributed by atoms with Gasteiger partial charge in [0.1, 0.15) is 5.75 Å². The molecular weight excluding hydrogens is 384 g/mol. The number of fused-ring (bicyclic) bond motifs is 1. The predicted molar refractivity (Wildman–Crippen MR) is 120 cm³/mol. The fourth-order valence-corrected chi connectivity index (χ4v) is 5.64. The third-order valence-corrected chi connectivity index (χ3v) is 7.27. The monoisotopic (exact) mass is 420 g/mol. The van der Waals surface area contributed by atoms with Crippen LogP contribution in [0.2, 0.25) is 0 Å². The molecule has 1 saturated carbocycles. The minimum Gasteiger partial charge on any atom is -0.496 e. The van der Waals surface area contributed by atoms with E-state index in [1.54, 1.807) is 7.11 Å². The highest BCUT2D eigenvalue weighted by Gasteiger charge is 2.28. The van der Waals surface area contributed by atoms with Crippen LogP contribution in [0.15, 0.2) is 18.2 Å². The van der Waals surface area contributed by atoms with Crippen LogP contribution in [0.4, 0.5) is 0 Å². The maximum Gasteiger partial charge on any atom is 0.222 e. The van der Waals surface area contributed by atoms with Crippen LogP contribution in [0.1, 0.15) is 74.8 Å². The number of methoxy groups -OCH3 is 1. The average molecular weight is 421 g/mol. The first-order chi connectivity index (χ1) is 13.8. The molecular formula is C24H37ClN2O2. The Labute approximate surface area is 182 Å². The number of rotatable bonds is 5. The van der Waals surface area contributed by atoms with Gasteiger partial charge >= 0.3 is 0 Å². The van der Waals surface area contributed by atoms with Crippen molar-refractivity contribution < 1.29 is 9.53 Å². The molecule has 1 aromatic carbocycles. The summed E-state index contributed by atoms with van der Waals surface area (Å²) in [5.41, 5.74) is 2.79. The van der Waals surface area contributed by atoms with Crippen LogP contribution in [0, 0.1) is 0 Å². The summed E-state index contributed by atoms with van der Waals surface area (Å²) in [6, 6.07) is 7.19. The molecule has 1 amide bonds. The van der Waals surface area contributed by atoms with E-state index in [-0.39, 0.29) is 12.4 Å². The van der Waals surface area contributed by atoms with Crippen molar-refractivity contribution in [3.63, 3.8) is 0 Å². The zero-order valence-corrected chi connectivity index (χ0v) is 18.7. The number of carbonyl (C=O) groups is 1. The second kappa shape index (κ2) is 10.7. The standard InChI is InChI=1S/C24H36N2O2.ClH/c1-28-23-12-6-10-21-19(7-5-11-22(21)23)13-14-24(27)26-17-15-25(16-18-26)20-8-3-2-4-9-20;/h6,10,12,19-20H,2-5,7-9,11,13-18H2,1H3;1H. The van der Waals surface area contributed by atoms with Crippen molar-refractivity contribution in [2.24, 2.45) is 0 Å². The third-order valence-electron chi connectivity index (χ3n) is 7.27. The Hall–Kier alpha value is -1.26. The van der Waals surface area contributed by atoms with Crippen LogP contribution < -0.4 is 4.74 Å². The number of halogens is 1. The van der Waals surface area contributed by atoms with Crippen molar-refractivity contribution in [2.45, 2.75) is 76.2 Å². The lowest BCUT2D eigenvalue weighted by Crippen LogP contribution is -2.52. The van der Waals surface area contributed by atoms with Gasteiger partial charge in [0.25, 0.3) is 0 Å². The number of benzene rings is 1. The Kier molecular flexibility index (Phi) is 8.25. The lowest BCUT2D eigenvalue weighted by Gasteiger charge is -2.41. The Morgan fingerprint density at radius 3 is 2.52 bits per heavy atom. The number of carbonyl (C=O) groups excluding carboxylic acids is 1. The van der Waals surface area contributed by atoms with E-state index in [1.807, 2.05) is 0 Å². The van der Waals surface area contributed by atoms with Gasteiger partial charge in [-0.1, -0.05) is 31.4 Å². The molecule has 2 aliphatic carbocycles. The summed E-state index contributed by atoms with van der Waals surface area (Å²) in [4.78, 5) is 17.6. The predicted octanol–water partition coefficient (Wildman–Crippen LogP) is 4.79. The Balaban J connectivity index is 0.00000240. The molecule has 0 N–H and O–H groups in total. The van der Waals surface area contributed by atoms with Gasteiger partial charge < -0.3 is 9.64 Å². The van der Waals surface area contributed by atoms with Crippen LogP contribution >= 0.6 is 12.4 Å². The molecule has 1 aliphatic heterocycles. The molecule has 0 aromatic heterocycles. The van der Waals surface area contributed by atoms with Crippen molar-refractivity contribution in [3.05, 3.63) is 29.3 Å². The molecule has 0 radical (unpaired) electrons. The zero-order chi connectivity index (χ0) is 19.3. The molecule has 3 aliphatic rings. The van der Waals surface area contributed by atoms with E-state index in [4.69, 9.17) is 4.74 Å². The molecule has 1 saturated heterocycles. The molecule has 29 heavy (non-hydrogen) atoms. The van der Waals surface area contributed by atoms with Gasteiger partial charge in [0, 0.05) is 38.6 Å². The summed E-state index contributed by atoms with van der Waals surface area (Å²) < 4.78 is 5.56. The van der Waals surface area contributed by atoms with E-state index in [9.17, 15) is 4.79 Å². The van der Waals surface area contributed by atoms with Crippen molar-refractivity contribution >= 4 is 18.3 Å². The summed E-state index contributed by atoms with van der Waals surface area (Å²) in [6.45, 7) is 3.98. The van der Waals surface area contributed by atoms with Gasteiger partial charge in [-0.05, 0) is 61.6 Å². The topological polar surface area (TPSA) is 32.8 Å². The number of piperazine rings is 1. The molecule has 2 fully saturated rings. The van der Waals surface area contributed by atoms with Crippen LogP contribution in [0.25, 0.3) is 0 Å². The first-order valence-corrected chi connectivity index (χ1v) is 11.4. The van der Waals surface area contributed by atoms with E-state index in [1.165, 1.54) is 56.1 Å². The van der Waals surface area contributed by atoms with Crippen LogP contribution in [-0.2, 0) is 11.2 Å². The third kappa shape index (κ3) is 5.27. The molecule has 0 bridgehead atoms. The van der Waals surface area contributed by atoms with E-state index < -0.39 is 0 Å². The molecule has 1 atom stereocenters. The SMILES string of the molecule is COc1cccc2c1CCCC2CCC(=O)N1CCN(C2CCCCC2)CC1.Cl. The maximum atomic E-state index is 12.8. The molecule has 4 rings (SSSR count). The highest BCUT2D eigenvalue weighted by molar-refractivity contribution is 5.85. The molecule has 1 unspecified atom stereocenters. The molecule has 1 heterocycles. The van der Waals surface area contributed by atoms with Gasteiger partial charge in [0.05, 0.1) is 7.11 Å². The van der Waals surface area contributed by atoms with Gasteiger partial charge in [-0.2, -0.15) is 0 Å². The van der Waals surface area contributed by atoms with E-state index in [0.29, 0.717) is 18.2 Å². The van der Waals surface area contributed by atoms with Crippen molar-refractivity contribution in [2.75, 3.05) is 33.3 Å². The molecule has 5 heteroatoms. The zero-order valence-electron chi connectivity index (χ0n) is 17.9. The van der Waals surface area contributed by atoms with E-state index in [2.05, 4.69) is 28.0 Å². The average Bonchev–Trinajstić information content (AvgIpc) is 2.77. The lowest BCUT2D eigenvalue weighted by molar-refractivity contribution is -0.133. The molecule has 1 aromatic rings. The van der Waals surface area contributed by atoms with Gasteiger partial charge in [0.15, 0.2) is 0 Å². The van der Waals surface area contributed by atoms with E-state index in [0.717, 1.165) is 50.8 Å². The second-order valence-corrected chi connectivity index (χ2v) is 8.86. The number of hydrogen-bond donors (Lipinski definition) is 0. The summed E-state index contributed by atoms with van der Waals surface area (Å²) in [5.74, 6) is 1.89. The van der Waals surface area contributed by atoms with Gasteiger partial charge in [-0.25, -0.2) is 0 Å². The highest BCUT2D eigenvalue weighted by Crippen LogP contribution is 2.39. The highest BCUT2D eigenvalue weighted by atomic mass is 35.5. The first kappa shape index (κ1) is 22.4. The second-order valence-electron chi connectivity index (χ2n) is 8.86. The summed E-state index contributed by atoms with van der Waals surface area (Å²) in [6.07, 6.45) is 12.1. The normalized spacial score (nSPS) is 23.2. The number of amides is 1. The summed E-state index contributed by atoms with van der Waals surface area (Å²) >= 11 is 0. The largest absolute Gasteiger partial charge is 0.496 e. The smallest absolute Gasteiger partial charge is 0.222 e. The number of hydrogen-bond acceptors (Lipinski definition) is 3. The van der Waals surface area contributed by atoms with Crippen molar-refractivity contribution in [1.82, 2.24) is 9.80 Å². The van der Waals surface area contributed by atoms with Gasteiger partial charge in [-0.15, -0.1) is 12.4 Å². The fourth-order valence-electron chi connectivity index (χ4n) is 5.64. The van der Waals surface area contributed by atoms with Gasteiger partial charge in [-0.3, -0.25) is 9.69 Å². The van der Waals surface area contributed by atoms with Crippen molar-refractivity contribution in [3.8, 4) is 5.75 Å². The van der Waals surface area contributed by atoms with Crippen LogP contribution in [-0.4, -0.2) is 55.0 Å². The van der Waals surface area contributed by atoms with E-state index >= 15 is 0 Å². The fraction of sp³-hybridized carbons (Fsp3) is 0.708. The minimum absolute atomic E-state index is 0. The molecule has 4 nitrogen and oxygen atoms in total. The summed E-state index contributed by atoms with van der Waals surface area (Å²) in [7, 11) is 1.76. The van der Waals surface area contributed by atoms with Gasteiger partial charge in [0.2, 0.25) is 5.91 Å². The lowest BCUT2D eigenvalue weighted by atomic mass is 9.80. The van der Waals surface area contributed by atoms with Crippen LogP contribution in [0.5, 0.6) is 5.75 Å². The summed E-state index contributed by atoms with van der Waals surface area (Å²) in [5, 5.41) is 0. The Morgan fingerprint density at radius 1 is 1.03 bits per heavy atom. The first-order valence-electron chi connectivity index (χ1n) is 11.4. The number of nitrogens with zero attached hydrogens (tertiary/aromatic N) is 2. The maximum absolute atomic E-state index is 12.8. The Morgan fingerprint density at radius 2 is 1.79 bits per heavy atom. The number of ether oxygens (including phenoxy) is 1. The van der Waals surface area contributed by atoms with Crippen molar-refractivity contribution in [1.29, 1.82) is 0 Å². The molecule has 0 spiro atoms.